The Bertz CT molecular complexity index is 1300. The standard InChI is InChI=1S/C32H39NO7/c1-4-5-6-7-8-9-10-11-12-13-22-28(35)30(37)27-25(20-14-16-21(17-15-20)33(38)39)26-23(34)18-32(2,3)19-24(26)40-31(27)29(22)36/h14-17,25,35H,4-13,18-19H2,1-3H3. The van der Waals surface area contributed by atoms with Crippen LogP contribution in [0.4, 0.5) is 5.69 Å². The summed E-state index contributed by atoms with van der Waals surface area (Å²) >= 11 is 0. The number of aliphatic hydroxyl groups is 1. The van der Waals surface area contributed by atoms with E-state index >= 15 is 0 Å². The van der Waals surface area contributed by atoms with Crippen molar-refractivity contribution >= 4 is 23.0 Å². The van der Waals surface area contributed by atoms with Crippen LogP contribution in [0.15, 0.2) is 58.3 Å². The summed E-state index contributed by atoms with van der Waals surface area (Å²) in [5, 5.41) is 22.1. The fourth-order valence-electron chi connectivity index (χ4n) is 6.02. The summed E-state index contributed by atoms with van der Waals surface area (Å²) in [5.74, 6) is -2.78. The molecule has 0 amide bonds. The minimum Gasteiger partial charge on any atom is -0.504 e. The molecule has 0 saturated carbocycles. The molecule has 0 spiro atoms. The van der Waals surface area contributed by atoms with Crippen LogP contribution in [-0.2, 0) is 19.1 Å². The molecule has 1 aliphatic heterocycles. The van der Waals surface area contributed by atoms with Crippen LogP contribution in [0, 0.1) is 15.5 Å². The van der Waals surface area contributed by atoms with Crippen LogP contribution in [0.3, 0.4) is 0 Å². The number of nitro groups is 1. The van der Waals surface area contributed by atoms with Gasteiger partial charge in [-0.1, -0.05) is 84.3 Å². The molecule has 0 fully saturated rings. The van der Waals surface area contributed by atoms with Gasteiger partial charge in [0.2, 0.25) is 11.6 Å². The van der Waals surface area contributed by atoms with Gasteiger partial charge in [-0.25, -0.2) is 0 Å². The van der Waals surface area contributed by atoms with E-state index < -0.39 is 33.6 Å². The SMILES string of the molecule is CCCCCCCCCCCC1=C(O)C(=O)C2=C(OC3=C(C(=O)CC(C)(C)C3)C2c2ccc([N+](=O)[O-])cc2)C1=O. The van der Waals surface area contributed by atoms with Gasteiger partial charge in [0.15, 0.2) is 17.3 Å². The first-order valence-corrected chi connectivity index (χ1v) is 14.5. The lowest BCUT2D eigenvalue weighted by Gasteiger charge is -2.39. The van der Waals surface area contributed by atoms with Crippen LogP contribution in [0.1, 0.15) is 109 Å². The number of Topliss-reactive ketones (excluding diaryl/α,β-unsaturated/α-hetero) is 3. The van der Waals surface area contributed by atoms with E-state index in [1.807, 2.05) is 13.8 Å². The van der Waals surface area contributed by atoms with Crippen LogP contribution in [0.2, 0.25) is 0 Å². The number of ether oxygens (including phenoxy) is 1. The normalized spacial score (nSPS) is 20.5. The quantitative estimate of drug-likeness (QED) is 0.124. The summed E-state index contributed by atoms with van der Waals surface area (Å²) in [7, 11) is 0. The van der Waals surface area contributed by atoms with E-state index in [4.69, 9.17) is 4.74 Å². The van der Waals surface area contributed by atoms with E-state index in [1.54, 1.807) is 0 Å². The fourth-order valence-corrected chi connectivity index (χ4v) is 6.02. The summed E-state index contributed by atoms with van der Waals surface area (Å²) in [4.78, 5) is 51.3. The van der Waals surface area contributed by atoms with Crippen molar-refractivity contribution in [2.75, 3.05) is 0 Å². The van der Waals surface area contributed by atoms with Gasteiger partial charge in [0.05, 0.1) is 10.5 Å². The predicted octanol–water partition coefficient (Wildman–Crippen LogP) is 7.49. The second kappa shape index (κ2) is 12.3. The molecule has 0 saturated heterocycles. The van der Waals surface area contributed by atoms with Gasteiger partial charge in [0, 0.05) is 42.0 Å². The van der Waals surface area contributed by atoms with Crippen molar-refractivity contribution in [2.45, 2.75) is 104 Å². The first-order valence-electron chi connectivity index (χ1n) is 14.5. The molecule has 0 bridgehead atoms. The molecule has 1 N–H and O–H groups in total. The molecule has 1 aromatic carbocycles. The van der Waals surface area contributed by atoms with Gasteiger partial charge in [0.1, 0.15) is 5.76 Å². The van der Waals surface area contributed by atoms with E-state index in [-0.39, 0.29) is 46.8 Å². The molecular formula is C32H39NO7. The van der Waals surface area contributed by atoms with Crippen LogP contribution in [0.5, 0.6) is 0 Å². The maximum absolute atomic E-state index is 13.7. The Morgan fingerprint density at radius 3 is 2.10 bits per heavy atom. The van der Waals surface area contributed by atoms with Crippen LogP contribution >= 0.6 is 0 Å². The van der Waals surface area contributed by atoms with Crippen LogP contribution < -0.4 is 0 Å². The maximum Gasteiger partial charge on any atom is 0.269 e. The molecule has 2 aliphatic carbocycles. The van der Waals surface area contributed by atoms with Crippen molar-refractivity contribution in [1.82, 2.24) is 0 Å². The van der Waals surface area contributed by atoms with E-state index in [0.29, 0.717) is 24.2 Å². The molecule has 8 nitrogen and oxygen atoms in total. The summed E-state index contributed by atoms with van der Waals surface area (Å²) < 4.78 is 6.08. The minimum atomic E-state index is -0.948. The Labute approximate surface area is 235 Å². The number of non-ortho nitro benzene ring substituents is 1. The number of carbonyl (C=O) groups is 3. The van der Waals surface area contributed by atoms with E-state index in [9.17, 15) is 29.6 Å². The van der Waals surface area contributed by atoms with Gasteiger partial charge in [-0.05, 0) is 23.8 Å². The number of nitrogens with zero attached hydrogens (tertiary/aromatic N) is 1. The van der Waals surface area contributed by atoms with Gasteiger partial charge >= 0.3 is 0 Å². The molecular weight excluding hydrogens is 510 g/mol. The summed E-state index contributed by atoms with van der Waals surface area (Å²) in [6.45, 7) is 6.08. The van der Waals surface area contributed by atoms with E-state index in [1.165, 1.54) is 56.4 Å². The molecule has 0 radical (unpaired) electrons. The zero-order valence-corrected chi connectivity index (χ0v) is 23.7. The second-order valence-electron chi connectivity index (χ2n) is 12.0. The Hall–Kier alpha value is -3.55. The molecule has 1 atom stereocenters. The lowest BCUT2D eigenvalue weighted by atomic mass is 9.68. The molecule has 0 aromatic heterocycles. The monoisotopic (exact) mass is 549 g/mol. The summed E-state index contributed by atoms with van der Waals surface area (Å²) in [5.41, 5.74) is 0.195. The number of carbonyl (C=O) groups excluding carboxylic acids is 3. The van der Waals surface area contributed by atoms with E-state index in [0.717, 1.165) is 19.3 Å². The number of ketones is 3. The highest BCUT2D eigenvalue weighted by atomic mass is 16.6. The first kappa shape index (κ1) is 29.4. The van der Waals surface area contributed by atoms with Gasteiger partial charge in [0.25, 0.3) is 5.69 Å². The number of unbranched alkanes of at least 4 members (excludes halogenated alkanes) is 8. The molecule has 1 aromatic rings. The highest BCUT2D eigenvalue weighted by molar-refractivity contribution is 6.25. The van der Waals surface area contributed by atoms with Gasteiger partial charge in [-0.15, -0.1) is 0 Å². The van der Waals surface area contributed by atoms with E-state index in [2.05, 4.69) is 6.92 Å². The van der Waals surface area contributed by atoms with Gasteiger partial charge < -0.3 is 9.84 Å². The Kier molecular flexibility index (Phi) is 9.06. The third-order valence-corrected chi connectivity index (χ3v) is 8.12. The molecule has 1 heterocycles. The first-order chi connectivity index (χ1) is 19.1. The molecule has 1 unspecified atom stereocenters. The number of allylic oxidation sites excluding steroid dienone is 4. The average molecular weight is 550 g/mol. The van der Waals surface area contributed by atoms with Crippen molar-refractivity contribution in [3.05, 3.63) is 73.9 Å². The lowest BCUT2D eigenvalue weighted by molar-refractivity contribution is -0.384. The Balaban J connectivity index is 1.58. The van der Waals surface area contributed by atoms with Gasteiger partial charge in [-0.2, -0.15) is 0 Å². The lowest BCUT2D eigenvalue weighted by Crippen LogP contribution is -2.37. The van der Waals surface area contributed by atoms with Crippen LogP contribution in [-0.4, -0.2) is 27.4 Å². The number of nitro benzene ring substituents is 1. The number of hydrogen-bond acceptors (Lipinski definition) is 7. The molecule has 40 heavy (non-hydrogen) atoms. The topological polar surface area (TPSA) is 124 Å². The summed E-state index contributed by atoms with van der Waals surface area (Å²) in [6.07, 6.45) is 10.8. The highest BCUT2D eigenvalue weighted by Gasteiger charge is 2.49. The fraction of sp³-hybridized carbons (Fsp3) is 0.531. The number of hydrogen-bond donors (Lipinski definition) is 1. The molecule has 3 aliphatic rings. The average Bonchev–Trinajstić information content (AvgIpc) is 2.90. The molecule has 214 valence electrons. The van der Waals surface area contributed by atoms with Crippen molar-refractivity contribution in [3.63, 3.8) is 0 Å². The number of rotatable bonds is 12. The number of benzene rings is 1. The molecule has 8 heteroatoms. The Morgan fingerprint density at radius 1 is 0.900 bits per heavy atom. The maximum atomic E-state index is 13.7. The second-order valence-corrected chi connectivity index (χ2v) is 12.0. The summed E-state index contributed by atoms with van der Waals surface area (Å²) in [6, 6.07) is 5.60. The van der Waals surface area contributed by atoms with Crippen LogP contribution in [0.25, 0.3) is 0 Å². The smallest absolute Gasteiger partial charge is 0.269 e. The van der Waals surface area contributed by atoms with Crippen molar-refractivity contribution < 1.29 is 29.2 Å². The highest BCUT2D eigenvalue weighted by Crippen LogP contribution is 2.51. The minimum absolute atomic E-state index is 0.0552. The third-order valence-electron chi connectivity index (χ3n) is 8.12. The zero-order valence-electron chi connectivity index (χ0n) is 23.7. The third kappa shape index (κ3) is 6.11. The van der Waals surface area contributed by atoms with Crippen molar-refractivity contribution in [2.24, 2.45) is 5.41 Å². The largest absolute Gasteiger partial charge is 0.504 e. The predicted molar refractivity (Wildman–Crippen MR) is 151 cm³/mol. The Morgan fingerprint density at radius 2 is 1.50 bits per heavy atom. The number of aliphatic hydroxyl groups excluding tert-OH is 1. The zero-order chi connectivity index (χ0) is 29.0. The van der Waals surface area contributed by atoms with Gasteiger partial charge in [-0.3, -0.25) is 24.5 Å². The van der Waals surface area contributed by atoms with Crippen molar-refractivity contribution in [1.29, 1.82) is 0 Å². The van der Waals surface area contributed by atoms with Crippen molar-refractivity contribution in [3.8, 4) is 0 Å². The molecule has 4 rings (SSSR count).